The number of likely N-dealkylation sites (N-methyl/N-ethyl adjacent to an activating group) is 1. The van der Waals surface area contributed by atoms with Crippen LogP contribution in [0.15, 0.2) is 12.4 Å². The molecule has 72 valence electrons. The van der Waals surface area contributed by atoms with Crippen molar-refractivity contribution in [2.45, 2.75) is 6.92 Å². The van der Waals surface area contributed by atoms with Crippen molar-refractivity contribution in [2.75, 3.05) is 25.0 Å². The monoisotopic (exact) mass is 200 g/mol. The van der Waals surface area contributed by atoms with E-state index in [1.807, 2.05) is 0 Å². The first-order valence-electron chi connectivity index (χ1n) is 4.25. The fourth-order valence-electron chi connectivity index (χ4n) is 0.883. The third kappa shape index (κ3) is 4.05. The lowest BCUT2D eigenvalue weighted by atomic mass is 10.5. The average molecular weight is 201 g/mol. The van der Waals surface area contributed by atoms with Gasteiger partial charge in [-0.2, -0.15) is 0 Å². The van der Waals surface area contributed by atoms with Gasteiger partial charge in [-0.05, 0) is 6.54 Å². The summed E-state index contributed by atoms with van der Waals surface area (Å²) in [7, 11) is 0. The molecule has 2 N–H and O–H groups in total. The standard InChI is InChI=1S/C8H13ClN4/c1-2-10-3-4-12-8-6-11-5-7(9)13-8/h5-6,10H,2-4H2,1H3,(H,12,13). The highest BCUT2D eigenvalue weighted by atomic mass is 35.5. The molecule has 0 aliphatic rings. The molecule has 0 fully saturated rings. The van der Waals surface area contributed by atoms with Crippen molar-refractivity contribution in [3.8, 4) is 0 Å². The van der Waals surface area contributed by atoms with E-state index in [2.05, 4.69) is 27.5 Å². The van der Waals surface area contributed by atoms with E-state index in [1.165, 1.54) is 6.20 Å². The van der Waals surface area contributed by atoms with Crippen LogP contribution in [0.3, 0.4) is 0 Å². The minimum atomic E-state index is 0.411. The fourth-order valence-corrected chi connectivity index (χ4v) is 1.03. The molecule has 0 amide bonds. The molecule has 0 saturated carbocycles. The molecule has 0 saturated heterocycles. The first kappa shape index (κ1) is 10.2. The summed E-state index contributed by atoms with van der Waals surface area (Å²) in [6.07, 6.45) is 3.16. The Kier molecular flexibility index (Phi) is 4.49. The maximum absolute atomic E-state index is 5.66. The zero-order valence-electron chi connectivity index (χ0n) is 7.55. The molecule has 0 spiro atoms. The zero-order valence-corrected chi connectivity index (χ0v) is 8.30. The Hall–Kier alpha value is -0.870. The van der Waals surface area contributed by atoms with Crippen LogP contribution < -0.4 is 10.6 Å². The smallest absolute Gasteiger partial charge is 0.149 e. The third-order valence-electron chi connectivity index (χ3n) is 1.46. The maximum Gasteiger partial charge on any atom is 0.149 e. The van der Waals surface area contributed by atoms with Gasteiger partial charge in [0.1, 0.15) is 11.0 Å². The van der Waals surface area contributed by atoms with Crippen LogP contribution in [0.25, 0.3) is 0 Å². The average Bonchev–Trinajstić information content (AvgIpc) is 2.13. The molecule has 1 aromatic heterocycles. The highest BCUT2D eigenvalue weighted by molar-refractivity contribution is 6.29. The summed E-state index contributed by atoms with van der Waals surface area (Å²) in [4.78, 5) is 7.94. The summed E-state index contributed by atoms with van der Waals surface area (Å²) in [5, 5.41) is 6.70. The highest BCUT2D eigenvalue weighted by Crippen LogP contribution is 2.05. The molecule has 0 aliphatic carbocycles. The second-order valence-corrected chi connectivity index (χ2v) is 2.89. The van der Waals surface area contributed by atoms with Gasteiger partial charge in [0, 0.05) is 13.1 Å². The first-order valence-corrected chi connectivity index (χ1v) is 4.63. The number of nitrogens with zero attached hydrogens (tertiary/aromatic N) is 2. The number of hydrogen-bond donors (Lipinski definition) is 2. The molecule has 0 radical (unpaired) electrons. The number of nitrogens with one attached hydrogen (secondary N) is 2. The summed E-state index contributed by atoms with van der Waals surface area (Å²) >= 11 is 5.66. The van der Waals surface area contributed by atoms with Crippen LogP contribution in [0.1, 0.15) is 6.92 Å². The fraction of sp³-hybridized carbons (Fsp3) is 0.500. The maximum atomic E-state index is 5.66. The summed E-state index contributed by atoms with van der Waals surface area (Å²) < 4.78 is 0. The van der Waals surface area contributed by atoms with Crippen molar-refractivity contribution < 1.29 is 0 Å². The molecule has 4 nitrogen and oxygen atoms in total. The van der Waals surface area contributed by atoms with Crippen LogP contribution in [0.5, 0.6) is 0 Å². The lowest BCUT2D eigenvalue weighted by Crippen LogP contribution is -2.21. The quantitative estimate of drug-likeness (QED) is 0.701. The van der Waals surface area contributed by atoms with E-state index in [4.69, 9.17) is 11.6 Å². The second-order valence-electron chi connectivity index (χ2n) is 2.51. The Morgan fingerprint density at radius 3 is 2.92 bits per heavy atom. The number of hydrogen-bond acceptors (Lipinski definition) is 4. The van der Waals surface area contributed by atoms with Gasteiger partial charge in [0.2, 0.25) is 0 Å². The van der Waals surface area contributed by atoms with Crippen LogP contribution in [0, 0.1) is 0 Å². The normalized spacial score (nSPS) is 10.0. The topological polar surface area (TPSA) is 49.8 Å². The van der Waals surface area contributed by atoms with E-state index in [9.17, 15) is 0 Å². The molecular weight excluding hydrogens is 188 g/mol. The van der Waals surface area contributed by atoms with E-state index in [0.717, 1.165) is 19.6 Å². The number of halogens is 1. The van der Waals surface area contributed by atoms with E-state index < -0.39 is 0 Å². The lowest BCUT2D eigenvalue weighted by molar-refractivity contribution is 0.737. The van der Waals surface area contributed by atoms with Crippen molar-refractivity contribution in [2.24, 2.45) is 0 Å². The van der Waals surface area contributed by atoms with Gasteiger partial charge in [-0.25, -0.2) is 4.98 Å². The molecule has 5 heteroatoms. The Balaban J connectivity index is 2.28. The van der Waals surface area contributed by atoms with Gasteiger partial charge in [-0.3, -0.25) is 4.98 Å². The van der Waals surface area contributed by atoms with Crippen LogP contribution in [0.4, 0.5) is 5.82 Å². The molecular formula is C8H13ClN4. The minimum Gasteiger partial charge on any atom is -0.367 e. The van der Waals surface area contributed by atoms with Gasteiger partial charge in [-0.15, -0.1) is 0 Å². The van der Waals surface area contributed by atoms with Crippen molar-refractivity contribution in [1.82, 2.24) is 15.3 Å². The van der Waals surface area contributed by atoms with E-state index in [0.29, 0.717) is 11.0 Å². The Labute approximate surface area is 82.7 Å². The van der Waals surface area contributed by atoms with E-state index >= 15 is 0 Å². The molecule has 0 aromatic carbocycles. The SMILES string of the molecule is CCNCCNc1cncc(Cl)n1. The molecule has 13 heavy (non-hydrogen) atoms. The second kappa shape index (κ2) is 5.72. The van der Waals surface area contributed by atoms with Gasteiger partial charge in [0.05, 0.1) is 12.4 Å². The molecule has 1 rings (SSSR count). The molecule has 0 atom stereocenters. The molecule has 1 heterocycles. The summed E-state index contributed by atoms with van der Waals surface area (Å²) in [5.74, 6) is 0.713. The molecule has 0 bridgehead atoms. The van der Waals surface area contributed by atoms with E-state index in [1.54, 1.807) is 6.20 Å². The van der Waals surface area contributed by atoms with Crippen molar-refractivity contribution in [1.29, 1.82) is 0 Å². The van der Waals surface area contributed by atoms with Crippen LogP contribution in [-0.4, -0.2) is 29.6 Å². The Bertz CT molecular complexity index is 254. The largest absolute Gasteiger partial charge is 0.367 e. The van der Waals surface area contributed by atoms with Gasteiger partial charge >= 0.3 is 0 Å². The molecule has 1 aromatic rings. The molecule has 0 unspecified atom stereocenters. The minimum absolute atomic E-state index is 0.411. The van der Waals surface area contributed by atoms with Crippen molar-refractivity contribution in [3.05, 3.63) is 17.5 Å². The summed E-state index contributed by atoms with van der Waals surface area (Å²) in [6.45, 7) is 4.77. The first-order chi connectivity index (χ1) is 6.33. The Morgan fingerprint density at radius 1 is 1.38 bits per heavy atom. The number of anilines is 1. The van der Waals surface area contributed by atoms with Crippen LogP contribution >= 0.6 is 11.6 Å². The predicted molar refractivity (Wildman–Crippen MR) is 54.1 cm³/mol. The Morgan fingerprint density at radius 2 is 2.23 bits per heavy atom. The highest BCUT2D eigenvalue weighted by Gasteiger charge is 1.94. The van der Waals surface area contributed by atoms with Gasteiger partial charge in [0.15, 0.2) is 0 Å². The van der Waals surface area contributed by atoms with E-state index in [-0.39, 0.29) is 0 Å². The molecule has 0 aliphatic heterocycles. The summed E-state index contributed by atoms with van der Waals surface area (Å²) in [6, 6.07) is 0. The number of rotatable bonds is 5. The van der Waals surface area contributed by atoms with Crippen LogP contribution in [-0.2, 0) is 0 Å². The zero-order chi connectivity index (χ0) is 9.52. The van der Waals surface area contributed by atoms with Crippen molar-refractivity contribution >= 4 is 17.4 Å². The van der Waals surface area contributed by atoms with Gasteiger partial charge < -0.3 is 10.6 Å². The number of aromatic nitrogens is 2. The van der Waals surface area contributed by atoms with Crippen LogP contribution in [0.2, 0.25) is 5.15 Å². The predicted octanol–water partition coefficient (Wildman–Crippen LogP) is 1.15. The lowest BCUT2D eigenvalue weighted by Gasteiger charge is -2.04. The van der Waals surface area contributed by atoms with Gasteiger partial charge in [-0.1, -0.05) is 18.5 Å². The van der Waals surface area contributed by atoms with Crippen molar-refractivity contribution in [3.63, 3.8) is 0 Å². The van der Waals surface area contributed by atoms with Gasteiger partial charge in [0.25, 0.3) is 0 Å². The third-order valence-corrected chi connectivity index (χ3v) is 1.65. The summed E-state index contributed by atoms with van der Waals surface area (Å²) in [5.41, 5.74) is 0.